The highest BCUT2D eigenvalue weighted by atomic mass is 19.1. The standard InChI is InChI=1S/C21H22F2N2O4/c1-29-19(13-6-3-2-4-7-13)20(27)24-18-10-15(16(22)11-17(18)23)21(28)25-9-5-8-14(25)12-26/h2-4,6-7,10-11,14,19,26H,5,8-9,12H2,1H3,(H,24,27)/t14-,19+/m0/s1. The van der Waals surface area contributed by atoms with Crippen molar-refractivity contribution in [1.29, 1.82) is 0 Å². The van der Waals surface area contributed by atoms with Gasteiger partial charge in [0.15, 0.2) is 6.10 Å². The second-order valence-electron chi connectivity index (χ2n) is 6.80. The number of nitrogens with one attached hydrogen (secondary N) is 1. The zero-order valence-electron chi connectivity index (χ0n) is 15.9. The van der Waals surface area contributed by atoms with Crippen LogP contribution in [0.5, 0.6) is 0 Å². The van der Waals surface area contributed by atoms with E-state index in [0.29, 0.717) is 31.0 Å². The monoisotopic (exact) mass is 404 g/mol. The van der Waals surface area contributed by atoms with Crippen molar-refractivity contribution in [2.75, 3.05) is 25.6 Å². The summed E-state index contributed by atoms with van der Waals surface area (Å²) >= 11 is 0. The van der Waals surface area contributed by atoms with E-state index in [1.807, 2.05) is 0 Å². The predicted molar refractivity (Wildman–Crippen MR) is 102 cm³/mol. The third kappa shape index (κ3) is 4.44. The highest BCUT2D eigenvalue weighted by Gasteiger charge is 2.31. The maximum Gasteiger partial charge on any atom is 0.258 e. The summed E-state index contributed by atoms with van der Waals surface area (Å²) in [6.07, 6.45) is 0.300. The highest BCUT2D eigenvalue weighted by Crippen LogP contribution is 2.26. The molecule has 1 saturated heterocycles. The van der Waals surface area contributed by atoms with E-state index in [0.717, 1.165) is 6.07 Å². The summed E-state index contributed by atoms with van der Waals surface area (Å²) in [5.74, 6) is -3.34. The molecular weight excluding hydrogens is 382 g/mol. The van der Waals surface area contributed by atoms with Gasteiger partial charge in [-0.2, -0.15) is 0 Å². The molecule has 2 aromatic rings. The van der Waals surface area contributed by atoms with Crippen LogP contribution in [0, 0.1) is 11.6 Å². The fraction of sp³-hybridized carbons (Fsp3) is 0.333. The number of carbonyl (C=O) groups excluding carboxylic acids is 2. The van der Waals surface area contributed by atoms with E-state index in [1.54, 1.807) is 30.3 Å². The van der Waals surface area contributed by atoms with Gasteiger partial charge in [-0.3, -0.25) is 9.59 Å². The number of hydrogen-bond donors (Lipinski definition) is 2. The van der Waals surface area contributed by atoms with E-state index in [2.05, 4.69) is 5.32 Å². The Morgan fingerprint density at radius 3 is 2.62 bits per heavy atom. The Hall–Kier alpha value is -2.84. The first-order chi connectivity index (χ1) is 14.0. The maximum absolute atomic E-state index is 14.3. The third-order valence-electron chi connectivity index (χ3n) is 4.97. The van der Waals surface area contributed by atoms with Crippen LogP contribution in [0.15, 0.2) is 42.5 Å². The molecule has 2 atom stereocenters. The first-order valence-corrected chi connectivity index (χ1v) is 9.25. The SMILES string of the molecule is CO[C@@H](C(=O)Nc1cc(C(=O)N2CCC[C@H]2CO)c(F)cc1F)c1ccccc1. The molecule has 1 aliphatic rings. The molecule has 1 aliphatic heterocycles. The summed E-state index contributed by atoms with van der Waals surface area (Å²) in [7, 11) is 1.34. The van der Waals surface area contributed by atoms with Crippen molar-refractivity contribution in [2.45, 2.75) is 25.0 Å². The fourth-order valence-corrected chi connectivity index (χ4v) is 3.48. The van der Waals surface area contributed by atoms with Crippen molar-refractivity contribution in [3.05, 3.63) is 65.2 Å². The fourth-order valence-electron chi connectivity index (χ4n) is 3.48. The zero-order chi connectivity index (χ0) is 21.0. The second-order valence-corrected chi connectivity index (χ2v) is 6.80. The van der Waals surface area contributed by atoms with Crippen LogP contribution >= 0.6 is 0 Å². The molecule has 6 nitrogen and oxygen atoms in total. The summed E-state index contributed by atoms with van der Waals surface area (Å²) in [6.45, 7) is 0.146. The van der Waals surface area contributed by atoms with Gasteiger partial charge in [0.1, 0.15) is 11.6 Å². The van der Waals surface area contributed by atoms with Crippen molar-refractivity contribution in [1.82, 2.24) is 4.90 Å². The Morgan fingerprint density at radius 2 is 1.97 bits per heavy atom. The number of halogens is 2. The molecule has 0 radical (unpaired) electrons. The smallest absolute Gasteiger partial charge is 0.258 e. The lowest BCUT2D eigenvalue weighted by Crippen LogP contribution is -2.38. The predicted octanol–water partition coefficient (Wildman–Crippen LogP) is 2.89. The van der Waals surface area contributed by atoms with Gasteiger partial charge in [-0.1, -0.05) is 30.3 Å². The van der Waals surface area contributed by atoms with Crippen molar-refractivity contribution >= 4 is 17.5 Å². The van der Waals surface area contributed by atoms with E-state index >= 15 is 0 Å². The first-order valence-electron chi connectivity index (χ1n) is 9.25. The minimum atomic E-state index is -1.03. The van der Waals surface area contributed by atoms with Crippen LogP contribution in [0.3, 0.4) is 0 Å². The Morgan fingerprint density at radius 1 is 1.24 bits per heavy atom. The number of benzene rings is 2. The lowest BCUT2D eigenvalue weighted by atomic mass is 10.1. The topological polar surface area (TPSA) is 78.9 Å². The van der Waals surface area contributed by atoms with Crippen molar-refractivity contribution in [3.8, 4) is 0 Å². The van der Waals surface area contributed by atoms with E-state index in [9.17, 15) is 23.5 Å². The molecule has 2 N–H and O–H groups in total. The van der Waals surface area contributed by atoms with Gasteiger partial charge in [0.25, 0.3) is 11.8 Å². The summed E-state index contributed by atoms with van der Waals surface area (Å²) in [5, 5.41) is 11.8. The van der Waals surface area contributed by atoms with Crippen LogP contribution in [-0.4, -0.2) is 48.1 Å². The van der Waals surface area contributed by atoms with Crippen LogP contribution in [0.25, 0.3) is 0 Å². The number of methoxy groups -OCH3 is 1. The summed E-state index contributed by atoms with van der Waals surface area (Å²) in [5.41, 5.74) is -0.123. The molecule has 2 aromatic carbocycles. The maximum atomic E-state index is 14.3. The van der Waals surface area contributed by atoms with Gasteiger partial charge in [-0.05, 0) is 24.5 Å². The molecule has 0 unspecified atom stereocenters. The first kappa shape index (κ1) is 20.9. The van der Waals surface area contributed by atoms with Gasteiger partial charge in [0, 0.05) is 19.7 Å². The van der Waals surface area contributed by atoms with Crippen LogP contribution in [-0.2, 0) is 9.53 Å². The summed E-state index contributed by atoms with van der Waals surface area (Å²) in [6, 6.07) is 9.77. The quantitative estimate of drug-likeness (QED) is 0.776. The van der Waals surface area contributed by atoms with Crippen LogP contribution in [0.4, 0.5) is 14.5 Å². The van der Waals surface area contributed by atoms with Gasteiger partial charge in [0.05, 0.1) is 23.9 Å². The molecule has 1 heterocycles. The van der Waals surface area contributed by atoms with Gasteiger partial charge in [-0.25, -0.2) is 8.78 Å². The number of aliphatic hydroxyl groups is 1. The van der Waals surface area contributed by atoms with Gasteiger partial charge in [-0.15, -0.1) is 0 Å². The summed E-state index contributed by atoms with van der Waals surface area (Å²) in [4.78, 5) is 26.7. The van der Waals surface area contributed by atoms with Crippen LogP contribution < -0.4 is 5.32 Å². The number of rotatable bonds is 6. The molecule has 2 amide bonds. The van der Waals surface area contributed by atoms with Gasteiger partial charge in [0.2, 0.25) is 0 Å². The van der Waals surface area contributed by atoms with E-state index < -0.39 is 35.6 Å². The minimum Gasteiger partial charge on any atom is -0.394 e. The highest BCUT2D eigenvalue weighted by molar-refractivity contribution is 5.99. The molecular formula is C21H22F2N2O4. The average molecular weight is 404 g/mol. The number of ether oxygens (including phenoxy) is 1. The number of nitrogens with zero attached hydrogens (tertiary/aromatic N) is 1. The number of hydrogen-bond acceptors (Lipinski definition) is 4. The van der Waals surface area contributed by atoms with Gasteiger partial charge >= 0.3 is 0 Å². The van der Waals surface area contributed by atoms with E-state index in [4.69, 9.17) is 4.74 Å². The molecule has 0 saturated carbocycles. The zero-order valence-corrected chi connectivity index (χ0v) is 15.9. The number of anilines is 1. The molecule has 1 fully saturated rings. The van der Waals surface area contributed by atoms with Crippen molar-refractivity contribution in [3.63, 3.8) is 0 Å². The Balaban J connectivity index is 1.85. The largest absolute Gasteiger partial charge is 0.394 e. The molecule has 0 bridgehead atoms. The Kier molecular flexibility index (Phi) is 6.56. The number of amides is 2. The summed E-state index contributed by atoms with van der Waals surface area (Å²) < 4.78 is 33.8. The van der Waals surface area contributed by atoms with Crippen molar-refractivity contribution < 1.29 is 28.2 Å². The normalized spacial score (nSPS) is 17.2. The van der Waals surface area contributed by atoms with E-state index in [1.165, 1.54) is 12.0 Å². The minimum absolute atomic E-state index is 0.231. The third-order valence-corrected chi connectivity index (χ3v) is 4.97. The molecule has 29 heavy (non-hydrogen) atoms. The molecule has 8 heteroatoms. The number of likely N-dealkylation sites (tertiary alicyclic amines) is 1. The Bertz CT molecular complexity index is 892. The van der Waals surface area contributed by atoms with Crippen LogP contribution in [0.2, 0.25) is 0 Å². The average Bonchev–Trinajstić information content (AvgIpc) is 3.20. The molecule has 3 rings (SSSR count). The van der Waals surface area contributed by atoms with Gasteiger partial charge < -0.3 is 20.1 Å². The van der Waals surface area contributed by atoms with Crippen molar-refractivity contribution in [2.24, 2.45) is 0 Å². The van der Waals surface area contributed by atoms with E-state index in [-0.39, 0.29) is 17.9 Å². The molecule has 0 aliphatic carbocycles. The second kappa shape index (κ2) is 9.11. The lowest BCUT2D eigenvalue weighted by molar-refractivity contribution is -0.126. The lowest BCUT2D eigenvalue weighted by Gasteiger charge is -2.23. The number of carbonyl (C=O) groups is 2. The molecule has 0 aromatic heterocycles. The molecule has 154 valence electrons. The number of aliphatic hydroxyl groups excluding tert-OH is 1. The Labute approximate surface area is 167 Å². The molecule has 0 spiro atoms. The van der Waals surface area contributed by atoms with Crippen LogP contribution in [0.1, 0.15) is 34.9 Å².